The maximum atomic E-state index is 13.7. The highest BCUT2D eigenvalue weighted by Crippen LogP contribution is 2.17. The van der Waals surface area contributed by atoms with Gasteiger partial charge in [0.1, 0.15) is 11.9 Å². The number of nitrogens with zero attached hydrogens (tertiary/aromatic N) is 1. The fraction of sp³-hybridized carbons (Fsp3) is 0.533. The maximum Gasteiger partial charge on any atom is 0.324 e. The zero-order chi connectivity index (χ0) is 15.1. The number of anilines is 1. The van der Waals surface area contributed by atoms with Gasteiger partial charge in [0.25, 0.3) is 0 Å². The fourth-order valence-electron chi connectivity index (χ4n) is 1.97. The molecule has 0 aliphatic heterocycles. The van der Waals surface area contributed by atoms with Gasteiger partial charge in [-0.1, -0.05) is 26.0 Å². The van der Waals surface area contributed by atoms with Crippen molar-refractivity contribution in [2.75, 3.05) is 25.1 Å². The van der Waals surface area contributed by atoms with E-state index in [0.717, 1.165) is 0 Å². The Morgan fingerprint density at radius 3 is 2.60 bits per heavy atom. The summed E-state index contributed by atoms with van der Waals surface area (Å²) in [6.45, 7) is 6.35. The average Bonchev–Trinajstić information content (AvgIpc) is 2.38. The number of halogens is 1. The van der Waals surface area contributed by atoms with Crippen LogP contribution in [0.15, 0.2) is 24.3 Å². The lowest BCUT2D eigenvalue weighted by atomic mass is 10.2. The van der Waals surface area contributed by atoms with E-state index in [0.29, 0.717) is 18.8 Å². The number of carbonyl (C=O) groups excluding carboxylic acids is 1. The lowest BCUT2D eigenvalue weighted by molar-refractivity contribution is -0.145. The minimum atomic E-state index is -0.487. The Morgan fingerprint density at radius 2 is 2.05 bits per heavy atom. The Morgan fingerprint density at radius 1 is 1.40 bits per heavy atom. The predicted molar refractivity (Wildman–Crippen MR) is 78.4 cm³/mol. The van der Waals surface area contributed by atoms with Gasteiger partial charge in [-0.3, -0.25) is 4.79 Å². The zero-order valence-corrected chi connectivity index (χ0v) is 12.5. The van der Waals surface area contributed by atoms with Gasteiger partial charge in [-0.2, -0.15) is 0 Å². The van der Waals surface area contributed by atoms with Crippen LogP contribution in [-0.4, -0.2) is 38.3 Å². The number of carbonyl (C=O) groups is 1. The van der Waals surface area contributed by atoms with Crippen molar-refractivity contribution in [3.05, 3.63) is 30.1 Å². The van der Waals surface area contributed by atoms with E-state index >= 15 is 0 Å². The first-order valence-corrected chi connectivity index (χ1v) is 6.84. The molecule has 1 unspecified atom stereocenters. The third-order valence-corrected chi connectivity index (χ3v) is 2.83. The summed E-state index contributed by atoms with van der Waals surface area (Å²) in [7, 11) is 1.76. The van der Waals surface area contributed by atoms with Crippen LogP contribution in [0.25, 0.3) is 0 Å². The van der Waals surface area contributed by atoms with Crippen LogP contribution in [0.2, 0.25) is 0 Å². The smallest absolute Gasteiger partial charge is 0.324 e. The average molecular weight is 282 g/mol. The molecule has 0 saturated heterocycles. The van der Waals surface area contributed by atoms with E-state index in [2.05, 4.69) is 5.32 Å². The molecule has 0 aliphatic carbocycles. The monoisotopic (exact) mass is 282 g/mol. The van der Waals surface area contributed by atoms with Gasteiger partial charge in [0.05, 0.1) is 12.3 Å². The first-order valence-electron chi connectivity index (χ1n) is 6.84. The minimum Gasteiger partial charge on any atom is -0.465 e. The Labute approximate surface area is 119 Å². The number of rotatable bonds is 7. The third-order valence-electron chi connectivity index (χ3n) is 2.83. The molecule has 1 N–H and O–H groups in total. The molecule has 1 aromatic carbocycles. The maximum absolute atomic E-state index is 13.7. The van der Waals surface area contributed by atoms with E-state index in [4.69, 9.17) is 4.74 Å². The van der Waals surface area contributed by atoms with E-state index < -0.39 is 6.04 Å². The van der Waals surface area contributed by atoms with Crippen molar-refractivity contribution >= 4 is 11.7 Å². The normalized spacial score (nSPS) is 12.3. The summed E-state index contributed by atoms with van der Waals surface area (Å²) < 4.78 is 18.8. The molecule has 112 valence electrons. The topological polar surface area (TPSA) is 41.6 Å². The van der Waals surface area contributed by atoms with Crippen LogP contribution < -0.4 is 10.2 Å². The molecule has 0 heterocycles. The first kappa shape index (κ1) is 16.4. The van der Waals surface area contributed by atoms with E-state index in [-0.39, 0.29) is 17.8 Å². The fourth-order valence-corrected chi connectivity index (χ4v) is 1.97. The summed E-state index contributed by atoms with van der Waals surface area (Å²) in [5, 5.41) is 3.15. The van der Waals surface area contributed by atoms with Gasteiger partial charge in [0.15, 0.2) is 0 Å². The molecule has 20 heavy (non-hydrogen) atoms. The second-order valence-electron chi connectivity index (χ2n) is 4.96. The van der Waals surface area contributed by atoms with Crippen molar-refractivity contribution in [1.82, 2.24) is 5.32 Å². The van der Waals surface area contributed by atoms with Gasteiger partial charge >= 0.3 is 5.97 Å². The number of ether oxygens (including phenoxy) is 1. The summed E-state index contributed by atoms with van der Waals surface area (Å²) in [5.41, 5.74) is 0.465. The summed E-state index contributed by atoms with van der Waals surface area (Å²) in [4.78, 5) is 13.6. The number of likely N-dealkylation sites (N-methyl/N-ethyl adjacent to an activating group) is 1. The van der Waals surface area contributed by atoms with Crippen molar-refractivity contribution in [2.45, 2.75) is 32.9 Å². The van der Waals surface area contributed by atoms with Crippen LogP contribution in [0.5, 0.6) is 0 Å². The van der Waals surface area contributed by atoms with Crippen molar-refractivity contribution in [1.29, 1.82) is 0 Å². The molecule has 1 atom stereocenters. The molecule has 0 radical (unpaired) electrons. The van der Waals surface area contributed by atoms with E-state index in [9.17, 15) is 9.18 Å². The molecule has 1 rings (SSSR count). The van der Waals surface area contributed by atoms with Crippen LogP contribution in [0.1, 0.15) is 20.8 Å². The first-order chi connectivity index (χ1) is 9.45. The molecule has 5 heteroatoms. The van der Waals surface area contributed by atoms with Crippen LogP contribution in [0.3, 0.4) is 0 Å². The van der Waals surface area contributed by atoms with E-state index in [1.54, 1.807) is 37.1 Å². The van der Waals surface area contributed by atoms with Crippen molar-refractivity contribution in [3.63, 3.8) is 0 Å². The number of esters is 1. The Kier molecular flexibility index (Phi) is 6.45. The molecule has 0 amide bonds. The van der Waals surface area contributed by atoms with Gasteiger partial charge in [-0.15, -0.1) is 0 Å². The minimum absolute atomic E-state index is 0.137. The molecule has 1 aromatic rings. The largest absolute Gasteiger partial charge is 0.465 e. The second-order valence-corrected chi connectivity index (χ2v) is 4.96. The molecule has 0 aromatic heterocycles. The van der Waals surface area contributed by atoms with Gasteiger partial charge in [0, 0.05) is 19.6 Å². The molecular weight excluding hydrogens is 259 g/mol. The summed E-state index contributed by atoms with van der Waals surface area (Å²) in [6.07, 6.45) is 0. The van der Waals surface area contributed by atoms with Crippen LogP contribution >= 0.6 is 0 Å². The molecule has 0 bridgehead atoms. The second kappa shape index (κ2) is 7.85. The summed E-state index contributed by atoms with van der Waals surface area (Å²) in [6, 6.07) is 6.15. The number of nitrogens with one attached hydrogen (secondary N) is 1. The van der Waals surface area contributed by atoms with Gasteiger partial charge in [-0.25, -0.2) is 4.39 Å². The van der Waals surface area contributed by atoms with Crippen molar-refractivity contribution < 1.29 is 13.9 Å². The highest BCUT2D eigenvalue weighted by molar-refractivity contribution is 5.76. The Balaban J connectivity index is 2.78. The highest BCUT2D eigenvalue weighted by atomic mass is 19.1. The SMILES string of the molecule is CCOC(=O)C(CN(C)c1ccccc1F)NC(C)C. The predicted octanol–water partition coefficient (Wildman–Crippen LogP) is 2.19. The molecule has 0 saturated carbocycles. The van der Waals surface area contributed by atoms with Crippen molar-refractivity contribution in [3.8, 4) is 0 Å². The van der Waals surface area contributed by atoms with Crippen molar-refractivity contribution in [2.24, 2.45) is 0 Å². The number of hydrogen-bond acceptors (Lipinski definition) is 4. The quantitative estimate of drug-likeness (QED) is 0.778. The van der Waals surface area contributed by atoms with Gasteiger partial charge < -0.3 is 15.0 Å². The molecule has 0 aliphatic rings. The van der Waals surface area contributed by atoms with Gasteiger partial charge in [0.2, 0.25) is 0 Å². The van der Waals surface area contributed by atoms with E-state index in [1.165, 1.54) is 6.07 Å². The van der Waals surface area contributed by atoms with E-state index in [1.807, 2.05) is 13.8 Å². The Bertz CT molecular complexity index is 438. The lowest BCUT2D eigenvalue weighted by Gasteiger charge is -2.26. The highest BCUT2D eigenvalue weighted by Gasteiger charge is 2.23. The summed E-state index contributed by atoms with van der Waals surface area (Å²) >= 11 is 0. The summed E-state index contributed by atoms with van der Waals surface area (Å²) in [5.74, 6) is -0.619. The standard InChI is InChI=1S/C15H23FN2O2/c1-5-20-15(19)13(17-11(2)3)10-18(4)14-9-7-6-8-12(14)16/h6-9,11,13,17H,5,10H2,1-4H3. The molecular formula is C15H23FN2O2. The molecule has 4 nitrogen and oxygen atoms in total. The van der Waals surface area contributed by atoms with Crippen LogP contribution in [0.4, 0.5) is 10.1 Å². The van der Waals surface area contributed by atoms with Crippen LogP contribution in [0, 0.1) is 5.82 Å². The molecule has 0 fully saturated rings. The van der Waals surface area contributed by atoms with Crippen LogP contribution in [-0.2, 0) is 9.53 Å². The third kappa shape index (κ3) is 4.81. The number of hydrogen-bond donors (Lipinski definition) is 1. The number of benzene rings is 1. The Hall–Kier alpha value is -1.62. The number of para-hydroxylation sites is 1. The molecule has 0 spiro atoms. The lowest BCUT2D eigenvalue weighted by Crippen LogP contribution is -2.48. The zero-order valence-electron chi connectivity index (χ0n) is 12.5. The van der Waals surface area contributed by atoms with Gasteiger partial charge in [-0.05, 0) is 19.1 Å².